The van der Waals surface area contributed by atoms with E-state index in [1.54, 1.807) is 6.33 Å². The molecule has 2 N–H and O–H groups in total. The third-order valence-electron chi connectivity index (χ3n) is 3.33. The predicted molar refractivity (Wildman–Crippen MR) is 72.1 cm³/mol. The molecule has 0 radical (unpaired) electrons. The van der Waals surface area contributed by atoms with Gasteiger partial charge < -0.3 is 10.3 Å². The number of nitrogens with two attached hydrogens (primary N) is 1. The van der Waals surface area contributed by atoms with Crippen molar-refractivity contribution in [1.82, 2.24) is 14.5 Å². The van der Waals surface area contributed by atoms with Crippen LogP contribution in [-0.4, -0.2) is 14.5 Å². The van der Waals surface area contributed by atoms with Crippen molar-refractivity contribution in [2.45, 2.75) is 25.8 Å². The minimum Gasteiger partial charge on any atom is -0.383 e. The minimum absolute atomic E-state index is 0.584. The molecular weight excluding hydrogens is 315 g/mol. The van der Waals surface area contributed by atoms with Crippen LogP contribution in [0.2, 0.25) is 0 Å². The molecule has 3 rings (SSSR count). The lowest BCUT2D eigenvalue weighted by Crippen LogP contribution is -2.24. The maximum Gasteiger partial charge on any atom is 0.146 e. The molecule has 2 aromatic rings. The summed E-state index contributed by atoms with van der Waals surface area (Å²) in [5.41, 5.74) is 6.87. The molecule has 5 heteroatoms. The zero-order valence-electron chi connectivity index (χ0n) is 9.02. The molecule has 0 aliphatic heterocycles. The Morgan fingerprint density at radius 3 is 2.88 bits per heavy atom. The van der Waals surface area contributed by atoms with Gasteiger partial charge in [0.1, 0.15) is 17.8 Å². The molecule has 84 valence electrons. The highest BCUT2D eigenvalue weighted by molar-refractivity contribution is 14.1. The summed E-state index contributed by atoms with van der Waals surface area (Å²) in [6, 6.07) is 0.593. The van der Waals surface area contributed by atoms with Gasteiger partial charge in [-0.1, -0.05) is 6.92 Å². The van der Waals surface area contributed by atoms with Crippen molar-refractivity contribution in [3.8, 4) is 0 Å². The van der Waals surface area contributed by atoms with Gasteiger partial charge in [-0.2, -0.15) is 0 Å². The van der Waals surface area contributed by atoms with Crippen molar-refractivity contribution in [1.29, 1.82) is 0 Å². The van der Waals surface area contributed by atoms with Crippen molar-refractivity contribution in [3.05, 3.63) is 16.1 Å². The van der Waals surface area contributed by atoms with Crippen LogP contribution in [0.1, 0.15) is 25.8 Å². The third kappa shape index (κ3) is 1.41. The summed E-state index contributed by atoms with van der Waals surface area (Å²) in [5.74, 6) is 1.42. The predicted octanol–water partition coefficient (Wildman–Crippen LogP) is 2.59. The fraction of sp³-hybridized carbons (Fsp3) is 0.455. The smallest absolute Gasteiger partial charge is 0.146 e. The quantitative estimate of drug-likeness (QED) is 0.819. The summed E-state index contributed by atoms with van der Waals surface area (Å²) < 4.78 is 3.40. The monoisotopic (exact) mass is 328 g/mol. The Hall–Kier alpha value is -0.850. The van der Waals surface area contributed by atoms with Crippen LogP contribution in [0.25, 0.3) is 11.0 Å². The van der Waals surface area contributed by atoms with Crippen molar-refractivity contribution in [2.24, 2.45) is 5.92 Å². The van der Waals surface area contributed by atoms with E-state index in [9.17, 15) is 0 Å². The van der Waals surface area contributed by atoms with Gasteiger partial charge in [0.05, 0.1) is 5.39 Å². The number of halogens is 1. The van der Waals surface area contributed by atoms with Crippen LogP contribution >= 0.6 is 22.6 Å². The Labute approximate surface area is 107 Å². The SMILES string of the molecule is CC1CC(n2cc(I)c3c(N)ncnc32)C1. The van der Waals surface area contributed by atoms with Gasteiger partial charge in [0.25, 0.3) is 0 Å². The lowest BCUT2D eigenvalue weighted by Gasteiger charge is -2.34. The molecular formula is C11H13IN4. The summed E-state index contributed by atoms with van der Waals surface area (Å²) in [6.07, 6.45) is 6.17. The molecule has 1 saturated carbocycles. The molecule has 0 spiro atoms. The van der Waals surface area contributed by atoms with Gasteiger partial charge in [-0.25, -0.2) is 9.97 Å². The number of nitrogens with zero attached hydrogens (tertiary/aromatic N) is 3. The lowest BCUT2D eigenvalue weighted by atomic mass is 9.82. The highest BCUT2D eigenvalue weighted by Crippen LogP contribution is 2.40. The molecule has 0 saturated heterocycles. The summed E-state index contributed by atoms with van der Waals surface area (Å²) in [4.78, 5) is 8.41. The summed E-state index contributed by atoms with van der Waals surface area (Å²) in [7, 11) is 0. The molecule has 1 aliphatic rings. The van der Waals surface area contributed by atoms with Gasteiger partial charge in [0, 0.05) is 15.8 Å². The van der Waals surface area contributed by atoms with Crippen LogP contribution in [0.5, 0.6) is 0 Å². The van der Waals surface area contributed by atoms with Crippen LogP contribution in [0.15, 0.2) is 12.5 Å². The van der Waals surface area contributed by atoms with E-state index >= 15 is 0 Å². The van der Waals surface area contributed by atoms with Crippen LogP contribution in [0, 0.1) is 9.49 Å². The van der Waals surface area contributed by atoms with Crippen LogP contribution in [0.3, 0.4) is 0 Å². The van der Waals surface area contributed by atoms with Crippen LogP contribution < -0.4 is 5.73 Å². The Balaban J connectivity index is 2.16. The third-order valence-corrected chi connectivity index (χ3v) is 4.15. The van der Waals surface area contributed by atoms with Gasteiger partial charge in [-0.05, 0) is 41.4 Å². The zero-order chi connectivity index (χ0) is 11.3. The molecule has 0 atom stereocenters. The Morgan fingerprint density at radius 2 is 2.19 bits per heavy atom. The molecule has 1 aliphatic carbocycles. The Kier molecular flexibility index (Phi) is 2.31. The molecule has 0 bridgehead atoms. The van der Waals surface area contributed by atoms with E-state index in [0.717, 1.165) is 20.5 Å². The first-order chi connectivity index (χ1) is 7.66. The normalized spacial score (nSPS) is 24.6. The van der Waals surface area contributed by atoms with E-state index in [1.165, 1.54) is 12.8 Å². The first-order valence-corrected chi connectivity index (χ1v) is 6.51. The number of hydrogen-bond donors (Lipinski definition) is 1. The van der Waals surface area contributed by atoms with E-state index in [2.05, 4.69) is 50.2 Å². The molecule has 0 amide bonds. The van der Waals surface area contributed by atoms with E-state index in [0.29, 0.717) is 11.9 Å². The number of aromatic nitrogens is 3. The van der Waals surface area contributed by atoms with Gasteiger partial charge >= 0.3 is 0 Å². The van der Waals surface area contributed by atoms with Gasteiger partial charge in [0.2, 0.25) is 0 Å². The van der Waals surface area contributed by atoms with E-state index in [-0.39, 0.29) is 0 Å². The Bertz CT molecular complexity index is 542. The largest absolute Gasteiger partial charge is 0.383 e. The number of hydrogen-bond acceptors (Lipinski definition) is 3. The molecule has 0 aromatic carbocycles. The van der Waals surface area contributed by atoms with E-state index < -0.39 is 0 Å². The molecule has 0 unspecified atom stereocenters. The van der Waals surface area contributed by atoms with Crippen molar-refractivity contribution < 1.29 is 0 Å². The maximum atomic E-state index is 5.89. The number of rotatable bonds is 1. The number of nitrogen functional groups attached to an aromatic ring is 1. The molecule has 4 nitrogen and oxygen atoms in total. The van der Waals surface area contributed by atoms with Crippen molar-refractivity contribution in [2.75, 3.05) is 5.73 Å². The van der Waals surface area contributed by atoms with E-state index in [1.807, 2.05) is 0 Å². The van der Waals surface area contributed by atoms with Crippen LogP contribution in [-0.2, 0) is 0 Å². The second-order valence-electron chi connectivity index (χ2n) is 4.57. The first kappa shape index (κ1) is 10.3. The first-order valence-electron chi connectivity index (χ1n) is 5.43. The van der Waals surface area contributed by atoms with E-state index in [4.69, 9.17) is 5.73 Å². The molecule has 1 fully saturated rings. The fourth-order valence-electron chi connectivity index (χ4n) is 2.43. The Morgan fingerprint density at radius 1 is 1.44 bits per heavy atom. The minimum atomic E-state index is 0.584. The number of fused-ring (bicyclic) bond motifs is 1. The van der Waals surface area contributed by atoms with Crippen molar-refractivity contribution >= 4 is 39.4 Å². The van der Waals surface area contributed by atoms with Gasteiger partial charge in [-0.3, -0.25) is 0 Å². The molecule has 2 aromatic heterocycles. The summed E-state index contributed by atoms with van der Waals surface area (Å²) in [6.45, 7) is 2.29. The second-order valence-corrected chi connectivity index (χ2v) is 5.73. The standard InChI is InChI=1S/C11H13IN4/c1-6-2-7(3-6)16-4-8(12)9-10(13)14-5-15-11(9)16/h4-7H,2-3H2,1H3,(H2,13,14,15). The lowest BCUT2D eigenvalue weighted by molar-refractivity contribution is 0.220. The average Bonchev–Trinajstić information content (AvgIpc) is 2.53. The van der Waals surface area contributed by atoms with Crippen molar-refractivity contribution in [3.63, 3.8) is 0 Å². The maximum absolute atomic E-state index is 5.89. The fourth-order valence-corrected chi connectivity index (χ4v) is 3.25. The molecule has 2 heterocycles. The van der Waals surface area contributed by atoms with Gasteiger partial charge in [-0.15, -0.1) is 0 Å². The summed E-state index contributed by atoms with van der Waals surface area (Å²) >= 11 is 2.30. The highest BCUT2D eigenvalue weighted by Gasteiger charge is 2.28. The number of anilines is 1. The highest BCUT2D eigenvalue weighted by atomic mass is 127. The zero-order valence-corrected chi connectivity index (χ0v) is 11.2. The topological polar surface area (TPSA) is 56.7 Å². The summed E-state index contributed by atoms with van der Waals surface area (Å²) in [5, 5.41) is 1.00. The molecule has 16 heavy (non-hydrogen) atoms. The van der Waals surface area contributed by atoms with Crippen LogP contribution in [0.4, 0.5) is 5.82 Å². The van der Waals surface area contributed by atoms with Gasteiger partial charge in [0.15, 0.2) is 0 Å². The average molecular weight is 328 g/mol. The second kappa shape index (κ2) is 3.58.